The zero-order valence-corrected chi connectivity index (χ0v) is 21.2. The molecule has 6 nitrogen and oxygen atoms in total. The van der Waals surface area contributed by atoms with Gasteiger partial charge in [-0.25, -0.2) is 4.79 Å². The molecule has 0 saturated heterocycles. The fourth-order valence-electron chi connectivity index (χ4n) is 3.14. The fraction of sp³-hybridized carbons (Fsp3) is 0.345. The average Bonchev–Trinajstić information content (AvgIpc) is 2.85. The lowest BCUT2D eigenvalue weighted by Crippen LogP contribution is -2.05. The maximum absolute atomic E-state index is 12.3. The Labute approximate surface area is 208 Å². The smallest absolute Gasteiger partial charge is 0.338 e. The van der Waals surface area contributed by atoms with Gasteiger partial charge in [-0.05, 0) is 74.6 Å². The molecule has 0 bridgehead atoms. The number of hydrogen-bond donors (Lipinski definition) is 0. The van der Waals surface area contributed by atoms with Crippen LogP contribution in [0.2, 0.25) is 0 Å². The number of benzene rings is 2. The monoisotopic (exact) mass is 480 g/mol. The molecule has 35 heavy (non-hydrogen) atoms. The first-order chi connectivity index (χ1) is 16.9. The summed E-state index contributed by atoms with van der Waals surface area (Å²) >= 11 is 0. The van der Waals surface area contributed by atoms with Gasteiger partial charge in [-0.1, -0.05) is 41.5 Å². The van der Waals surface area contributed by atoms with E-state index in [2.05, 4.69) is 13.5 Å². The van der Waals surface area contributed by atoms with Crippen LogP contribution in [0.15, 0.2) is 66.3 Å². The third-order valence-electron chi connectivity index (χ3n) is 5.07. The first-order valence-corrected chi connectivity index (χ1v) is 11.6. The Morgan fingerprint density at radius 2 is 1.49 bits per heavy atom. The van der Waals surface area contributed by atoms with E-state index in [0.29, 0.717) is 17.1 Å². The molecule has 0 aliphatic carbocycles. The Hall–Kier alpha value is -3.35. The van der Waals surface area contributed by atoms with E-state index in [1.165, 1.54) is 11.1 Å². The van der Waals surface area contributed by atoms with Crippen molar-refractivity contribution in [2.75, 3.05) is 34.4 Å². The minimum atomic E-state index is -0.335. The summed E-state index contributed by atoms with van der Waals surface area (Å²) < 4.78 is 26.5. The van der Waals surface area contributed by atoms with Gasteiger partial charge in [0, 0.05) is 14.2 Å². The highest BCUT2D eigenvalue weighted by Gasteiger charge is 2.07. The maximum Gasteiger partial charge on any atom is 0.338 e. The first kappa shape index (κ1) is 27.9. The van der Waals surface area contributed by atoms with Gasteiger partial charge in [-0.15, -0.1) is 6.58 Å². The quantitative estimate of drug-likeness (QED) is 0.123. The van der Waals surface area contributed by atoms with Gasteiger partial charge < -0.3 is 23.7 Å². The molecule has 0 unspecified atom stereocenters. The first-order valence-electron chi connectivity index (χ1n) is 11.6. The van der Waals surface area contributed by atoms with E-state index in [-0.39, 0.29) is 26.2 Å². The molecule has 0 aliphatic heterocycles. The molecular weight excluding hydrogens is 444 g/mol. The van der Waals surface area contributed by atoms with Crippen molar-refractivity contribution in [3.8, 4) is 11.5 Å². The standard InChI is InChI=1S/C29H36O6/c1-22(2)7-6-8-23(3)17-18-33-29(30)26-14-11-24(12-15-26)9-10-25-13-16-27(34-20-31-4)28(19-25)35-21-32-5/h9-17,19H,1,6-8,18,20-21H2,2-5H3/b10-9+,23-17+. The highest BCUT2D eigenvalue weighted by atomic mass is 16.7. The average molecular weight is 481 g/mol. The van der Waals surface area contributed by atoms with E-state index in [0.717, 1.165) is 30.4 Å². The molecule has 0 fully saturated rings. The molecule has 2 rings (SSSR count). The second kappa shape index (κ2) is 15.5. The minimum Gasteiger partial charge on any atom is -0.464 e. The van der Waals surface area contributed by atoms with Gasteiger partial charge in [0.2, 0.25) is 0 Å². The van der Waals surface area contributed by atoms with Crippen molar-refractivity contribution in [2.45, 2.75) is 33.1 Å². The molecule has 0 aromatic heterocycles. The van der Waals surface area contributed by atoms with Gasteiger partial charge in [0.05, 0.1) is 5.56 Å². The van der Waals surface area contributed by atoms with E-state index in [1.807, 2.05) is 55.5 Å². The lowest BCUT2D eigenvalue weighted by Gasteiger charge is -2.12. The summed E-state index contributed by atoms with van der Waals surface area (Å²) in [4.78, 5) is 12.3. The molecule has 0 radical (unpaired) electrons. The van der Waals surface area contributed by atoms with Gasteiger partial charge in [0.1, 0.15) is 6.61 Å². The third kappa shape index (κ3) is 10.6. The summed E-state index contributed by atoms with van der Waals surface area (Å²) in [7, 11) is 3.12. The van der Waals surface area contributed by atoms with Crippen molar-refractivity contribution >= 4 is 18.1 Å². The Bertz CT molecular complexity index is 1000. The van der Waals surface area contributed by atoms with Gasteiger partial charge in [0.15, 0.2) is 25.1 Å². The van der Waals surface area contributed by atoms with Gasteiger partial charge in [-0.3, -0.25) is 0 Å². The summed E-state index contributed by atoms with van der Waals surface area (Å²) in [6.45, 7) is 8.52. The fourth-order valence-corrected chi connectivity index (χ4v) is 3.14. The summed E-state index contributed by atoms with van der Waals surface area (Å²) in [5.41, 5.74) is 4.80. The van der Waals surface area contributed by atoms with E-state index >= 15 is 0 Å². The Kier molecular flexibility index (Phi) is 12.4. The molecule has 2 aromatic carbocycles. The van der Waals surface area contributed by atoms with Crippen molar-refractivity contribution in [3.05, 3.63) is 83.0 Å². The van der Waals surface area contributed by atoms with E-state index in [4.69, 9.17) is 23.7 Å². The van der Waals surface area contributed by atoms with E-state index in [1.54, 1.807) is 26.4 Å². The number of methoxy groups -OCH3 is 2. The lowest BCUT2D eigenvalue weighted by molar-refractivity contribution is 0.0322. The van der Waals surface area contributed by atoms with Crippen LogP contribution in [0.25, 0.3) is 12.2 Å². The zero-order valence-electron chi connectivity index (χ0n) is 21.2. The largest absolute Gasteiger partial charge is 0.464 e. The summed E-state index contributed by atoms with van der Waals surface area (Å²) in [5, 5.41) is 0. The maximum atomic E-state index is 12.3. The van der Waals surface area contributed by atoms with Crippen LogP contribution in [0.5, 0.6) is 11.5 Å². The Balaban J connectivity index is 1.93. The molecule has 188 valence electrons. The number of carbonyl (C=O) groups excluding carboxylic acids is 1. The van der Waals surface area contributed by atoms with Crippen LogP contribution in [0, 0.1) is 0 Å². The van der Waals surface area contributed by atoms with Crippen LogP contribution in [0.1, 0.15) is 54.6 Å². The van der Waals surface area contributed by atoms with Crippen LogP contribution in [0.4, 0.5) is 0 Å². The number of hydrogen-bond acceptors (Lipinski definition) is 6. The summed E-state index contributed by atoms with van der Waals surface area (Å²) in [5.74, 6) is 0.795. The van der Waals surface area contributed by atoms with E-state index in [9.17, 15) is 4.79 Å². The molecule has 6 heteroatoms. The van der Waals surface area contributed by atoms with Gasteiger partial charge in [0.25, 0.3) is 0 Å². The van der Waals surface area contributed by atoms with Crippen LogP contribution in [0.3, 0.4) is 0 Å². The molecule has 2 aromatic rings. The normalized spacial score (nSPS) is 11.5. The van der Waals surface area contributed by atoms with Crippen molar-refractivity contribution < 1.29 is 28.5 Å². The molecule has 0 amide bonds. The van der Waals surface area contributed by atoms with Gasteiger partial charge >= 0.3 is 5.97 Å². The SMILES string of the molecule is C=C(C)CCC/C(C)=C/COC(=O)c1ccc(/C=C/c2ccc(OCOC)c(OCOC)c2)cc1. The number of allylic oxidation sites excluding steroid dienone is 2. The molecule has 0 N–H and O–H groups in total. The van der Waals surface area contributed by atoms with Crippen LogP contribution >= 0.6 is 0 Å². The lowest BCUT2D eigenvalue weighted by atomic mass is 10.1. The number of esters is 1. The number of carbonyl (C=O) groups is 1. The predicted molar refractivity (Wildman–Crippen MR) is 140 cm³/mol. The van der Waals surface area contributed by atoms with Crippen LogP contribution < -0.4 is 9.47 Å². The van der Waals surface area contributed by atoms with Crippen molar-refractivity contribution in [1.82, 2.24) is 0 Å². The molecule has 0 heterocycles. The van der Waals surface area contributed by atoms with Crippen LogP contribution in [-0.4, -0.2) is 40.4 Å². The number of ether oxygens (including phenoxy) is 5. The molecule has 0 atom stereocenters. The highest BCUT2D eigenvalue weighted by molar-refractivity contribution is 5.89. The van der Waals surface area contributed by atoms with E-state index < -0.39 is 0 Å². The molecule has 0 aliphatic rings. The Morgan fingerprint density at radius 3 is 2.14 bits per heavy atom. The third-order valence-corrected chi connectivity index (χ3v) is 5.07. The Morgan fingerprint density at radius 1 is 0.857 bits per heavy atom. The topological polar surface area (TPSA) is 63.2 Å². The molecule has 0 saturated carbocycles. The van der Waals surface area contributed by atoms with Crippen molar-refractivity contribution in [3.63, 3.8) is 0 Å². The summed E-state index contributed by atoms with van der Waals surface area (Å²) in [6.07, 6.45) is 8.93. The molecular formula is C29H36O6. The number of rotatable bonds is 15. The molecule has 0 spiro atoms. The van der Waals surface area contributed by atoms with Gasteiger partial charge in [-0.2, -0.15) is 0 Å². The van der Waals surface area contributed by atoms with Crippen LogP contribution in [-0.2, 0) is 14.2 Å². The second-order valence-corrected chi connectivity index (χ2v) is 8.22. The van der Waals surface area contributed by atoms with Crippen molar-refractivity contribution in [1.29, 1.82) is 0 Å². The predicted octanol–water partition coefficient (Wildman–Crippen LogP) is 6.67. The zero-order chi connectivity index (χ0) is 25.5. The second-order valence-electron chi connectivity index (χ2n) is 8.22. The minimum absolute atomic E-state index is 0.110. The van der Waals surface area contributed by atoms with Crippen molar-refractivity contribution in [2.24, 2.45) is 0 Å². The summed E-state index contributed by atoms with van der Waals surface area (Å²) in [6, 6.07) is 12.9. The highest BCUT2D eigenvalue weighted by Crippen LogP contribution is 2.29.